The zero-order valence-corrected chi connectivity index (χ0v) is 18.9. The molecule has 12 heteroatoms. The van der Waals surface area contributed by atoms with Crippen molar-refractivity contribution in [2.45, 2.75) is 31.3 Å². The van der Waals surface area contributed by atoms with Crippen molar-refractivity contribution in [3.63, 3.8) is 0 Å². The molecule has 0 radical (unpaired) electrons. The normalized spacial score (nSPS) is 16.5. The molecule has 0 atom stereocenters. The topological polar surface area (TPSA) is 123 Å². The average Bonchev–Trinajstić information content (AvgIpc) is 3.28. The first-order valence-electron chi connectivity index (χ1n) is 10.5. The van der Waals surface area contributed by atoms with E-state index in [0.717, 1.165) is 12.0 Å². The highest BCUT2D eigenvalue weighted by atomic mass is 32.2. The van der Waals surface area contributed by atoms with Crippen molar-refractivity contribution in [1.82, 2.24) is 14.6 Å². The molecule has 178 valence electrons. The van der Waals surface area contributed by atoms with Gasteiger partial charge in [0.2, 0.25) is 0 Å². The Morgan fingerprint density at radius 2 is 2.09 bits per heavy atom. The fourth-order valence-corrected chi connectivity index (χ4v) is 4.83. The van der Waals surface area contributed by atoms with Crippen LogP contribution >= 0.6 is 0 Å². The number of rotatable bonds is 7. The second-order valence-electron chi connectivity index (χ2n) is 7.99. The SMILES string of the molecule is CNS(=O)(=O)Nc1cccc(CN2C(=O)Oc3cc(Oc4ncco4)ccc3C23CCC3)c1F. The number of hydrogen-bond acceptors (Lipinski definition) is 7. The maximum atomic E-state index is 15.2. The summed E-state index contributed by atoms with van der Waals surface area (Å²) in [7, 11) is -2.69. The maximum Gasteiger partial charge on any atom is 0.416 e. The molecule has 5 rings (SSSR count). The number of halogens is 1. The van der Waals surface area contributed by atoms with Gasteiger partial charge in [-0.15, -0.1) is 0 Å². The summed E-state index contributed by atoms with van der Waals surface area (Å²) in [6.07, 6.45) is 4.53. The van der Waals surface area contributed by atoms with E-state index in [1.54, 1.807) is 12.1 Å². The van der Waals surface area contributed by atoms with Crippen LogP contribution < -0.4 is 18.9 Å². The van der Waals surface area contributed by atoms with E-state index in [9.17, 15) is 13.2 Å². The average molecular weight is 488 g/mol. The monoisotopic (exact) mass is 488 g/mol. The van der Waals surface area contributed by atoms with Crippen molar-refractivity contribution in [1.29, 1.82) is 0 Å². The van der Waals surface area contributed by atoms with Crippen LogP contribution in [-0.2, 0) is 22.3 Å². The number of benzene rings is 2. The lowest BCUT2D eigenvalue weighted by Crippen LogP contribution is -2.57. The lowest BCUT2D eigenvalue weighted by Gasteiger charge is -2.52. The molecule has 0 bridgehead atoms. The van der Waals surface area contributed by atoms with Crippen molar-refractivity contribution >= 4 is 22.0 Å². The first kappa shape index (κ1) is 22.2. The van der Waals surface area contributed by atoms with Gasteiger partial charge in [-0.3, -0.25) is 9.62 Å². The van der Waals surface area contributed by atoms with Gasteiger partial charge in [0.1, 0.15) is 17.8 Å². The Morgan fingerprint density at radius 3 is 2.76 bits per heavy atom. The molecule has 2 aliphatic rings. The quantitative estimate of drug-likeness (QED) is 0.517. The van der Waals surface area contributed by atoms with E-state index in [-0.39, 0.29) is 23.9 Å². The molecule has 1 saturated carbocycles. The molecule has 0 unspecified atom stereocenters. The summed E-state index contributed by atoms with van der Waals surface area (Å²) >= 11 is 0. The van der Waals surface area contributed by atoms with Gasteiger partial charge in [0, 0.05) is 24.2 Å². The molecular formula is C22H21FN4O6S. The molecule has 1 spiro atoms. The van der Waals surface area contributed by atoms with Crippen molar-refractivity contribution in [3.8, 4) is 17.6 Å². The Bertz CT molecular complexity index is 1340. The maximum absolute atomic E-state index is 15.2. The summed E-state index contributed by atoms with van der Waals surface area (Å²) in [4.78, 5) is 18.5. The van der Waals surface area contributed by atoms with Crippen LogP contribution in [0.15, 0.2) is 53.3 Å². The number of carbonyl (C=O) groups is 1. The van der Waals surface area contributed by atoms with Gasteiger partial charge in [-0.2, -0.15) is 13.4 Å². The third-order valence-electron chi connectivity index (χ3n) is 6.10. The summed E-state index contributed by atoms with van der Waals surface area (Å²) in [6.45, 7) is -0.0895. The van der Waals surface area contributed by atoms with Crippen LogP contribution in [0.1, 0.15) is 30.4 Å². The number of fused-ring (bicyclic) bond motifs is 2. The number of ether oxygens (including phenoxy) is 2. The van der Waals surface area contributed by atoms with E-state index in [1.807, 2.05) is 6.07 Å². The van der Waals surface area contributed by atoms with Crippen LogP contribution in [0.2, 0.25) is 0 Å². The number of amides is 1. The van der Waals surface area contributed by atoms with E-state index in [4.69, 9.17) is 13.9 Å². The summed E-state index contributed by atoms with van der Waals surface area (Å²) < 4.78 is 59.2. The predicted molar refractivity (Wildman–Crippen MR) is 118 cm³/mol. The Kier molecular flexibility index (Phi) is 5.41. The molecule has 1 fully saturated rings. The molecule has 1 amide bonds. The first-order chi connectivity index (χ1) is 16.3. The van der Waals surface area contributed by atoms with Crippen LogP contribution in [-0.4, -0.2) is 31.4 Å². The molecule has 2 heterocycles. The highest BCUT2D eigenvalue weighted by Gasteiger charge is 2.51. The summed E-state index contributed by atoms with van der Waals surface area (Å²) in [5.41, 5.74) is 0.0879. The largest absolute Gasteiger partial charge is 0.417 e. The van der Waals surface area contributed by atoms with Gasteiger partial charge in [-0.25, -0.2) is 13.9 Å². The fourth-order valence-electron chi connectivity index (χ4n) is 4.28. The molecule has 1 aliphatic carbocycles. The van der Waals surface area contributed by atoms with Gasteiger partial charge in [0.25, 0.3) is 10.2 Å². The van der Waals surface area contributed by atoms with Crippen molar-refractivity contribution in [2.75, 3.05) is 11.8 Å². The van der Waals surface area contributed by atoms with Crippen molar-refractivity contribution < 1.29 is 31.5 Å². The van der Waals surface area contributed by atoms with Gasteiger partial charge in [-0.05, 0) is 37.5 Å². The third-order valence-corrected chi connectivity index (χ3v) is 7.13. The smallest absolute Gasteiger partial charge is 0.416 e. The van der Waals surface area contributed by atoms with Gasteiger partial charge < -0.3 is 13.9 Å². The van der Waals surface area contributed by atoms with E-state index < -0.39 is 27.7 Å². The van der Waals surface area contributed by atoms with Crippen LogP contribution in [0.3, 0.4) is 0 Å². The zero-order chi connectivity index (χ0) is 23.9. The van der Waals surface area contributed by atoms with Gasteiger partial charge >= 0.3 is 12.2 Å². The Labute approximate surface area is 194 Å². The first-order valence-corrected chi connectivity index (χ1v) is 12.0. The second-order valence-corrected chi connectivity index (χ2v) is 9.60. The van der Waals surface area contributed by atoms with E-state index >= 15 is 4.39 Å². The number of nitrogens with zero attached hydrogens (tertiary/aromatic N) is 2. The number of carbonyl (C=O) groups excluding carboxylic acids is 1. The fraction of sp³-hybridized carbons (Fsp3) is 0.273. The highest BCUT2D eigenvalue weighted by Crippen LogP contribution is 2.53. The number of hydrogen-bond donors (Lipinski definition) is 2. The predicted octanol–water partition coefficient (Wildman–Crippen LogP) is 3.88. The van der Waals surface area contributed by atoms with Crippen LogP contribution in [0.5, 0.6) is 17.6 Å². The number of aromatic nitrogens is 1. The number of oxazole rings is 1. The van der Waals surface area contributed by atoms with Crippen LogP contribution in [0.4, 0.5) is 14.9 Å². The number of nitrogens with one attached hydrogen (secondary N) is 2. The minimum Gasteiger partial charge on any atom is -0.417 e. The zero-order valence-electron chi connectivity index (χ0n) is 18.1. The summed E-state index contributed by atoms with van der Waals surface area (Å²) in [5.74, 6) is -0.00223. The molecule has 2 N–H and O–H groups in total. The van der Waals surface area contributed by atoms with E-state index in [2.05, 4.69) is 14.4 Å². The van der Waals surface area contributed by atoms with E-state index in [1.165, 1.54) is 42.6 Å². The Morgan fingerprint density at radius 1 is 1.26 bits per heavy atom. The highest BCUT2D eigenvalue weighted by molar-refractivity contribution is 7.90. The Hall–Kier alpha value is -3.64. The van der Waals surface area contributed by atoms with Crippen LogP contribution in [0.25, 0.3) is 0 Å². The summed E-state index contributed by atoms with van der Waals surface area (Å²) in [5, 5.41) is 0. The standard InChI is InChI=1S/C22H21FN4O6S/c1-24-34(29,30)26-17-5-2-4-14(19(17)23)13-27-21(28)33-18-12-15(32-20-25-10-11-31-20)6-7-16(18)22(27)8-3-9-22/h2,4-7,10-12,24,26H,3,8-9,13H2,1H3. The third kappa shape index (κ3) is 3.84. The Balaban J connectivity index is 1.45. The van der Waals surface area contributed by atoms with E-state index in [0.29, 0.717) is 24.3 Å². The summed E-state index contributed by atoms with van der Waals surface area (Å²) in [6, 6.07) is 9.49. The second kappa shape index (κ2) is 8.29. The molecule has 3 aromatic rings. The molecular weight excluding hydrogens is 467 g/mol. The minimum atomic E-state index is -3.90. The lowest BCUT2D eigenvalue weighted by atomic mass is 9.69. The molecule has 10 nitrogen and oxygen atoms in total. The molecule has 2 aromatic carbocycles. The molecule has 1 aromatic heterocycles. The number of anilines is 1. The molecule has 34 heavy (non-hydrogen) atoms. The molecule has 1 aliphatic heterocycles. The van der Waals surface area contributed by atoms with Gasteiger partial charge in [-0.1, -0.05) is 12.1 Å². The minimum absolute atomic E-state index is 0.0614. The van der Waals surface area contributed by atoms with Crippen molar-refractivity contribution in [2.24, 2.45) is 0 Å². The van der Waals surface area contributed by atoms with Gasteiger partial charge in [0.05, 0.1) is 24.0 Å². The van der Waals surface area contributed by atoms with Crippen LogP contribution in [0, 0.1) is 5.82 Å². The van der Waals surface area contributed by atoms with Crippen molar-refractivity contribution in [3.05, 3.63) is 65.8 Å². The molecule has 0 saturated heterocycles. The lowest BCUT2D eigenvalue weighted by molar-refractivity contribution is 0.00113. The van der Waals surface area contributed by atoms with Gasteiger partial charge in [0.15, 0.2) is 5.82 Å².